The number of fused-ring (bicyclic) bond motifs is 1. The van der Waals surface area contributed by atoms with E-state index in [1.165, 1.54) is 24.5 Å². The van der Waals surface area contributed by atoms with Gasteiger partial charge in [0.25, 0.3) is 0 Å². The van der Waals surface area contributed by atoms with E-state index in [-0.39, 0.29) is 11.1 Å². The van der Waals surface area contributed by atoms with Gasteiger partial charge in [-0.15, -0.1) is 12.3 Å². The topological polar surface area (TPSA) is 23.8 Å². The third-order valence-corrected chi connectivity index (χ3v) is 6.44. The van der Waals surface area contributed by atoms with Gasteiger partial charge in [0, 0.05) is 16.9 Å². The van der Waals surface area contributed by atoms with Crippen molar-refractivity contribution in [2.24, 2.45) is 11.8 Å². The van der Waals surface area contributed by atoms with Crippen LogP contribution in [0.5, 0.6) is 0 Å². The first-order valence-electron chi connectivity index (χ1n) is 11.1. The number of terminal acetylenes is 1. The van der Waals surface area contributed by atoms with Gasteiger partial charge in [0.15, 0.2) is 0 Å². The molecule has 33 heavy (non-hydrogen) atoms. The Labute approximate surface area is 192 Å². The van der Waals surface area contributed by atoms with Crippen LogP contribution in [-0.2, 0) is 6.42 Å². The van der Waals surface area contributed by atoms with Gasteiger partial charge in [-0.05, 0) is 73.6 Å². The molecule has 0 aromatic heterocycles. The molecule has 0 amide bonds. The summed E-state index contributed by atoms with van der Waals surface area (Å²) in [5.74, 6) is 6.78. The van der Waals surface area contributed by atoms with Crippen molar-refractivity contribution in [1.82, 2.24) is 0 Å². The Morgan fingerprint density at radius 2 is 1.64 bits per heavy atom. The monoisotopic (exact) mass is 441 g/mol. The van der Waals surface area contributed by atoms with E-state index in [1.807, 2.05) is 18.2 Å². The molecule has 1 aliphatic rings. The van der Waals surface area contributed by atoms with Gasteiger partial charge in [0.05, 0.1) is 5.56 Å². The largest absolute Gasteiger partial charge is 0.205 e. The van der Waals surface area contributed by atoms with Crippen molar-refractivity contribution >= 4 is 10.8 Å². The molecule has 1 nitrogen and oxygen atoms in total. The molecule has 0 unspecified atom stereocenters. The zero-order valence-corrected chi connectivity index (χ0v) is 18.1. The van der Waals surface area contributed by atoms with Crippen LogP contribution >= 0.6 is 0 Å². The van der Waals surface area contributed by atoms with E-state index in [0.717, 1.165) is 43.2 Å². The highest BCUT2D eigenvalue weighted by Crippen LogP contribution is 2.31. The van der Waals surface area contributed by atoms with Crippen molar-refractivity contribution in [3.63, 3.8) is 0 Å². The lowest BCUT2D eigenvalue weighted by Crippen LogP contribution is -2.13. The normalized spacial score (nSPS) is 17.6. The highest BCUT2D eigenvalue weighted by Gasteiger charge is 2.19. The summed E-state index contributed by atoms with van der Waals surface area (Å²) in [6.45, 7) is 0. The minimum Gasteiger partial charge on any atom is -0.205 e. The van der Waals surface area contributed by atoms with E-state index in [0.29, 0.717) is 17.2 Å². The molecule has 0 saturated heterocycles. The fourth-order valence-electron chi connectivity index (χ4n) is 4.47. The second-order valence-corrected chi connectivity index (χ2v) is 8.58. The van der Waals surface area contributed by atoms with Crippen molar-refractivity contribution < 1.29 is 13.2 Å². The molecule has 0 radical (unpaired) electrons. The Morgan fingerprint density at radius 1 is 0.909 bits per heavy atom. The molecule has 0 spiro atoms. The smallest absolute Gasteiger partial charge is 0.146 e. The number of hydrogen-bond acceptors (Lipinski definition) is 1. The molecule has 1 saturated carbocycles. The summed E-state index contributed by atoms with van der Waals surface area (Å²) in [5, 5.41) is 10.0. The lowest BCUT2D eigenvalue weighted by molar-refractivity contribution is 0.302. The molecule has 4 heteroatoms. The number of halogens is 3. The van der Waals surface area contributed by atoms with Crippen LogP contribution < -0.4 is 0 Å². The molecule has 1 aliphatic carbocycles. The molecular weight excluding hydrogens is 419 g/mol. The zero-order valence-electron chi connectivity index (χ0n) is 18.1. The lowest BCUT2D eigenvalue weighted by Gasteiger charge is -2.25. The number of hydrogen-bond donors (Lipinski definition) is 0. The van der Waals surface area contributed by atoms with Crippen LogP contribution in [0.4, 0.5) is 13.2 Å². The lowest BCUT2D eigenvalue weighted by atomic mass is 9.80. The van der Waals surface area contributed by atoms with Gasteiger partial charge in [0.1, 0.15) is 29.1 Å². The van der Waals surface area contributed by atoms with E-state index in [2.05, 4.69) is 17.8 Å². The third kappa shape index (κ3) is 5.05. The molecule has 164 valence electrons. The minimum atomic E-state index is -0.989. The van der Waals surface area contributed by atoms with Crippen LogP contribution in [0.1, 0.15) is 54.4 Å². The second-order valence-electron chi connectivity index (χ2n) is 8.58. The fourth-order valence-corrected chi connectivity index (χ4v) is 4.47. The van der Waals surface area contributed by atoms with Gasteiger partial charge in [0.2, 0.25) is 0 Å². The van der Waals surface area contributed by atoms with Gasteiger partial charge in [-0.1, -0.05) is 36.1 Å². The summed E-state index contributed by atoms with van der Waals surface area (Å²) in [6, 6.07) is 12.5. The van der Waals surface area contributed by atoms with Gasteiger partial charge < -0.3 is 0 Å². The van der Waals surface area contributed by atoms with E-state index in [1.54, 1.807) is 12.1 Å². The van der Waals surface area contributed by atoms with Crippen LogP contribution in [0.25, 0.3) is 10.8 Å². The molecular formula is C29H22F3N. The fraction of sp³-hybridized carbons (Fsp3) is 0.276. The van der Waals surface area contributed by atoms with Gasteiger partial charge in [-0.2, -0.15) is 5.26 Å². The molecule has 3 aromatic rings. The summed E-state index contributed by atoms with van der Waals surface area (Å²) in [5.41, 5.74) is 0.692. The summed E-state index contributed by atoms with van der Waals surface area (Å²) < 4.78 is 42.5. The Bertz CT molecular complexity index is 1320. The van der Waals surface area contributed by atoms with E-state index in [9.17, 15) is 8.78 Å². The minimum absolute atomic E-state index is 0.0372. The molecule has 0 atom stereocenters. The first-order chi connectivity index (χ1) is 16.0. The average Bonchev–Trinajstić information content (AvgIpc) is 2.82. The Hall–Kier alpha value is -3.68. The molecule has 0 bridgehead atoms. The molecule has 0 aliphatic heterocycles. The molecule has 0 N–H and O–H groups in total. The predicted octanol–water partition coefficient (Wildman–Crippen LogP) is 6.90. The summed E-state index contributed by atoms with van der Waals surface area (Å²) in [6.07, 6.45) is 12.1. The second kappa shape index (κ2) is 9.85. The van der Waals surface area contributed by atoms with Crippen LogP contribution in [0.3, 0.4) is 0 Å². The molecule has 3 aromatic carbocycles. The predicted molar refractivity (Wildman–Crippen MR) is 124 cm³/mol. The van der Waals surface area contributed by atoms with Gasteiger partial charge in [-0.25, -0.2) is 13.2 Å². The third-order valence-electron chi connectivity index (χ3n) is 6.44. The van der Waals surface area contributed by atoms with Crippen LogP contribution in [-0.4, -0.2) is 0 Å². The Balaban J connectivity index is 1.50. The van der Waals surface area contributed by atoms with Crippen molar-refractivity contribution in [3.8, 4) is 30.3 Å². The maximum atomic E-state index is 15.0. The van der Waals surface area contributed by atoms with Gasteiger partial charge >= 0.3 is 0 Å². The zero-order chi connectivity index (χ0) is 23.4. The first kappa shape index (κ1) is 22.5. The van der Waals surface area contributed by atoms with Crippen LogP contribution in [0, 0.1) is 64.8 Å². The first-order valence-corrected chi connectivity index (χ1v) is 11.1. The molecule has 0 heterocycles. The quantitative estimate of drug-likeness (QED) is 0.406. The maximum absolute atomic E-state index is 15.0. The highest BCUT2D eigenvalue weighted by molar-refractivity contribution is 5.85. The standard InChI is InChI=1S/C29H22F3N/c1-2-19-3-5-20(6-4-19)7-8-21-10-14-25-24(15-21)13-12-23(29(25)32)11-9-22-16-27(30)26(18-33)28(31)17-22/h1,10,12-17,19-20H,3-8H2. The van der Waals surface area contributed by atoms with Crippen molar-refractivity contribution in [2.45, 2.75) is 38.5 Å². The SMILES string of the molecule is C#CC1CCC(CCc2ccc3c(F)c(C#Cc4cc(F)c(C#N)c(F)c4)ccc3c2)CC1. The van der Waals surface area contributed by atoms with Crippen molar-refractivity contribution in [3.05, 3.63) is 82.2 Å². The average molecular weight is 441 g/mol. The number of rotatable bonds is 3. The summed E-state index contributed by atoms with van der Waals surface area (Å²) >= 11 is 0. The number of nitriles is 1. The Kier molecular flexibility index (Phi) is 6.72. The summed E-state index contributed by atoms with van der Waals surface area (Å²) in [7, 11) is 0. The van der Waals surface area contributed by atoms with E-state index >= 15 is 4.39 Å². The summed E-state index contributed by atoms with van der Waals surface area (Å²) in [4.78, 5) is 0. The van der Waals surface area contributed by atoms with Crippen LogP contribution in [0.15, 0.2) is 42.5 Å². The maximum Gasteiger partial charge on any atom is 0.146 e. The molecule has 4 rings (SSSR count). The Morgan fingerprint density at radius 3 is 2.30 bits per heavy atom. The number of aryl methyl sites for hydroxylation is 1. The van der Waals surface area contributed by atoms with Gasteiger partial charge in [-0.3, -0.25) is 0 Å². The van der Waals surface area contributed by atoms with E-state index < -0.39 is 23.0 Å². The van der Waals surface area contributed by atoms with E-state index in [4.69, 9.17) is 11.7 Å². The van der Waals surface area contributed by atoms with Crippen molar-refractivity contribution in [1.29, 1.82) is 5.26 Å². The number of benzene rings is 3. The highest BCUT2D eigenvalue weighted by atomic mass is 19.1. The van der Waals surface area contributed by atoms with Crippen molar-refractivity contribution in [2.75, 3.05) is 0 Å². The molecule has 1 fully saturated rings. The number of nitrogens with zero attached hydrogens (tertiary/aromatic N) is 1. The van der Waals surface area contributed by atoms with Crippen LogP contribution in [0.2, 0.25) is 0 Å².